The van der Waals surface area contributed by atoms with E-state index in [9.17, 15) is 0 Å². The smallest absolute Gasteiger partial charge is 0.215 e. The molecule has 0 aliphatic carbocycles. The number of ether oxygens (including phenoxy) is 2. The summed E-state index contributed by atoms with van der Waals surface area (Å²) in [6.45, 7) is 1.49. The summed E-state index contributed by atoms with van der Waals surface area (Å²) in [5, 5.41) is 3.12. The molecule has 1 aromatic heterocycles. The number of pyridine rings is 1. The zero-order chi connectivity index (χ0) is 8.39. The van der Waals surface area contributed by atoms with Gasteiger partial charge < -0.3 is 14.8 Å². The normalized spacial score (nSPS) is 14.1. The number of anilines is 1. The number of fused-ring (bicyclic) bond motifs is 1. The van der Waals surface area contributed by atoms with Crippen molar-refractivity contribution in [3.8, 4) is 11.6 Å². The summed E-state index contributed by atoms with van der Waals surface area (Å²) >= 11 is 0. The molecule has 0 atom stereocenters. The molecule has 0 unspecified atom stereocenters. The Kier molecular flexibility index (Phi) is 1.74. The second-order valence-electron chi connectivity index (χ2n) is 2.48. The van der Waals surface area contributed by atoms with Crippen molar-refractivity contribution in [3.63, 3.8) is 0 Å². The lowest BCUT2D eigenvalue weighted by Gasteiger charge is -2.17. The molecular weight excluding hydrogens is 156 g/mol. The van der Waals surface area contributed by atoms with Crippen molar-refractivity contribution in [2.24, 2.45) is 0 Å². The molecule has 2 rings (SSSR count). The van der Waals surface area contributed by atoms with Crippen molar-refractivity contribution in [2.75, 3.05) is 25.6 Å². The molecule has 0 saturated heterocycles. The summed E-state index contributed by atoms with van der Waals surface area (Å²) < 4.78 is 10.3. The first-order valence-electron chi connectivity index (χ1n) is 3.82. The van der Waals surface area contributed by atoms with E-state index in [0.29, 0.717) is 12.5 Å². The van der Waals surface area contributed by atoms with E-state index in [1.807, 2.05) is 6.07 Å². The molecule has 2 heterocycles. The zero-order valence-corrected chi connectivity index (χ0v) is 6.83. The van der Waals surface area contributed by atoms with Crippen LogP contribution in [0.25, 0.3) is 0 Å². The van der Waals surface area contributed by atoms with Gasteiger partial charge in [-0.3, -0.25) is 0 Å². The Morgan fingerprint density at radius 1 is 1.58 bits per heavy atom. The fraction of sp³-hybridized carbons (Fsp3) is 0.375. The summed E-state index contributed by atoms with van der Waals surface area (Å²) in [6, 6.07) is 3.64. The third kappa shape index (κ3) is 1.15. The van der Waals surface area contributed by atoms with Crippen LogP contribution in [0, 0.1) is 0 Å². The maximum atomic E-state index is 5.34. The van der Waals surface area contributed by atoms with Crippen LogP contribution < -0.4 is 14.8 Å². The summed E-state index contributed by atoms with van der Waals surface area (Å²) in [7, 11) is 1.60. The van der Waals surface area contributed by atoms with Crippen molar-refractivity contribution in [3.05, 3.63) is 12.1 Å². The van der Waals surface area contributed by atoms with Crippen LogP contribution in [0.4, 0.5) is 5.82 Å². The van der Waals surface area contributed by atoms with Crippen molar-refractivity contribution >= 4 is 5.82 Å². The van der Waals surface area contributed by atoms with Gasteiger partial charge in [0.1, 0.15) is 6.61 Å². The molecule has 12 heavy (non-hydrogen) atoms. The van der Waals surface area contributed by atoms with Gasteiger partial charge in [-0.15, -0.1) is 0 Å². The summed E-state index contributed by atoms with van der Waals surface area (Å²) in [6.07, 6.45) is 0. The van der Waals surface area contributed by atoms with E-state index in [2.05, 4.69) is 10.3 Å². The molecule has 1 N–H and O–H groups in total. The molecule has 1 aliphatic rings. The minimum atomic E-state index is 0.603. The highest BCUT2D eigenvalue weighted by molar-refractivity contribution is 5.52. The van der Waals surface area contributed by atoms with Crippen LogP contribution in [-0.4, -0.2) is 25.2 Å². The molecule has 4 heteroatoms. The van der Waals surface area contributed by atoms with Crippen LogP contribution in [0.1, 0.15) is 0 Å². The van der Waals surface area contributed by atoms with Gasteiger partial charge in [0, 0.05) is 6.07 Å². The molecule has 0 radical (unpaired) electrons. The number of hydrogen-bond acceptors (Lipinski definition) is 4. The standard InChI is InChI=1S/C8H10N2O2/c1-11-7-3-2-6-8(10-7)9-4-5-12-6/h2-3H,4-5H2,1H3,(H,9,10). The van der Waals surface area contributed by atoms with Gasteiger partial charge in [-0.25, -0.2) is 0 Å². The topological polar surface area (TPSA) is 43.4 Å². The Morgan fingerprint density at radius 3 is 3.33 bits per heavy atom. The summed E-state index contributed by atoms with van der Waals surface area (Å²) in [5.74, 6) is 2.16. The summed E-state index contributed by atoms with van der Waals surface area (Å²) in [5.41, 5.74) is 0. The van der Waals surface area contributed by atoms with Crippen molar-refractivity contribution < 1.29 is 9.47 Å². The molecule has 1 aromatic rings. The van der Waals surface area contributed by atoms with Gasteiger partial charge >= 0.3 is 0 Å². The highest BCUT2D eigenvalue weighted by Crippen LogP contribution is 2.26. The number of aromatic nitrogens is 1. The molecule has 64 valence electrons. The van der Waals surface area contributed by atoms with E-state index < -0.39 is 0 Å². The quantitative estimate of drug-likeness (QED) is 0.673. The van der Waals surface area contributed by atoms with Gasteiger partial charge in [0.2, 0.25) is 5.88 Å². The van der Waals surface area contributed by atoms with Gasteiger partial charge in [0.15, 0.2) is 11.6 Å². The maximum Gasteiger partial charge on any atom is 0.215 e. The lowest BCUT2D eigenvalue weighted by molar-refractivity contribution is 0.318. The minimum absolute atomic E-state index is 0.603. The van der Waals surface area contributed by atoms with Crippen molar-refractivity contribution in [1.82, 2.24) is 4.98 Å². The number of nitrogens with zero attached hydrogens (tertiary/aromatic N) is 1. The molecule has 4 nitrogen and oxygen atoms in total. The number of hydrogen-bond donors (Lipinski definition) is 1. The highest BCUT2D eigenvalue weighted by atomic mass is 16.5. The largest absolute Gasteiger partial charge is 0.488 e. The van der Waals surface area contributed by atoms with Crippen LogP contribution >= 0.6 is 0 Å². The Balaban J connectivity index is 2.36. The van der Waals surface area contributed by atoms with Crippen molar-refractivity contribution in [1.29, 1.82) is 0 Å². The Bertz CT molecular complexity index is 288. The van der Waals surface area contributed by atoms with E-state index in [-0.39, 0.29) is 0 Å². The van der Waals surface area contributed by atoms with Gasteiger partial charge in [0.25, 0.3) is 0 Å². The maximum absolute atomic E-state index is 5.34. The van der Waals surface area contributed by atoms with Gasteiger partial charge in [0.05, 0.1) is 13.7 Å². The fourth-order valence-corrected chi connectivity index (χ4v) is 1.12. The Labute approximate surface area is 70.5 Å². The first-order chi connectivity index (χ1) is 5.90. The van der Waals surface area contributed by atoms with Crippen LogP contribution in [0.15, 0.2) is 12.1 Å². The molecule has 0 saturated carbocycles. The Hall–Kier alpha value is -1.45. The predicted molar refractivity (Wildman–Crippen MR) is 44.8 cm³/mol. The average molecular weight is 166 g/mol. The monoisotopic (exact) mass is 166 g/mol. The molecular formula is C8H10N2O2. The van der Waals surface area contributed by atoms with Crippen molar-refractivity contribution in [2.45, 2.75) is 0 Å². The molecule has 0 bridgehead atoms. The summed E-state index contributed by atoms with van der Waals surface area (Å²) in [4.78, 5) is 4.17. The van der Waals surface area contributed by atoms with Crippen LogP contribution in [0.3, 0.4) is 0 Å². The third-order valence-electron chi connectivity index (χ3n) is 1.69. The third-order valence-corrected chi connectivity index (χ3v) is 1.69. The number of nitrogens with one attached hydrogen (secondary N) is 1. The second-order valence-corrected chi connectivity index (χ2v) is 2.48. The molecule has 0 fully saturated rings. The van der Waals surface area contributed by atoms with Crippen LogP contribution in [0.5, 0.6) is 11.6 Å². The number of methoxy groups -OCH3 is 1. The van der Waals surface area contributed by atoms with Gasteiger partial charge in [-0.2, -0.15) is 4.98 Å². The van der Waals surface area contributed by atoms with E-state index in [1.165, 1.54) is 0 Å². The molecule has 0 amide bonds. The van der Waals surface area contributed by atoms with E-state index in [4.69, 9.17) is 9.47 Å². The Morgan fingerprint density at radius 2 is 2.50 bits per heavy atom. The fourth-order valence-electron chi connectivity index (χ4n) is 1.12. The van der Waals surface area contributed by atoms with Crippen LogP contribution in [-0.2, 0) is 0 Å². The average Bonchev–Trinajstić information content (AvgIpc) is 2.17. The number of rotatable bonds is 1. The van der Waals surface area contributed by atoms with Gasteiger partial charge in [-0.1, -0.05) is 0 Å². The first kappa shape index (κ1) is 7.21. The predicted octanol–water partition coefficient (Wildman–Crippen LogP) is 0.894. The molecule has 1 aliphatic heterocycles. The molecule has 0 aromatic carbocycles. The lowest BCUT2D eigenvalue weighted by Crippen LogP contribution is -2.19. The van der Waals surface area contributed by atoms with E-state index in [0.717, 1.165) is 18.1 Å². The van der Waals surface area contributed by atoms with E-state index >= 15 is 0 Å². The highest BCUT2D eigenvalue weighted by Gasteiger charge is 2.10. The van der Waals surface area contributed by atoms with Gasteiger partial charge in [-0.05, 0) is 6.07 Å². The zero-order valence-electron chi connectivity index (χ0n) is 6.83. The molecule has 0 spiro atoms. The van der Waals surface area contributed by atoms with Crippen LogP contribution in [0.2, 0.25) is 0 Å². The first-order valence-corrected chi connectivity index (χ1v) is 3.82. The second kappa shape index (κ2) is 2.89. The van der Waals surface area contributed by atoms with E-state index in [1.54, 1.807) is 13.2 Å². The lowest BCUT2D eigenvalue weighted by atomic mass is 10.4. The minimum Gasteiger partial charge on any atom is -0.488 e. The SMILES string of the molecule is COc1ccc2c(n1)NCCO2.